The van der Waals surface area contributed by atoms with Gasteiger partial charge in [0.15, 0.2) is 11.4 Å². The van der Waals surface area contributed by atoms with Crippen molar-refractivity contribution in [2.45, 2.75) is 44.6 Å². The molecular formula is C18H21NO5. The SMILES string of the molecule is CC1(O)C(=O)C=C2C=C(CNC(=O)C3CCCCC3)OC=C2C1=O. The summed E-state index contributed by atoms with van der Waals surface area (Å²) in [6.07, 6.45) is 9.21. The van der Waals surface area contributed by atoms with E-state index in [1.807, 2.05) is 0 Å². The second-order valence-corrected chi connectivity index (χ2v) is 6.68. The van der Waals surface area contributed by atoms with Gasteiger partial charge >= 0.3 is 0 Å². The fourth-order valence-electron chi connectivity index (χ4n) is 3.22. The summed E-state index contributed by atoms with van der Waals surface area (Å²) in [6.45, 7) is 1.38. The molecule has 0 aromatic rings. The second-order valence-electron chi connectivity index (χ2n) is 6.68. The minimum atomic E-state index is -2.04. The van der Waals surface area contributed by atoms with Gasteiger partial charge in [-0.2, -0.15) is 0 Å². The maximum Gasteiger partial charge on any atom is 0.223 e. The topological polar surface area (TPSA) is 92.7 Å². The lowest BCUT2D eigenvalue weighted by Crippen LogP contribution is -2.47. The third-order valence-electron chi connectivity index (χ3n) is 4.82. The zero-order valence-electron chi connectivity index (χ0n) is 13.6. The maximum atomic E-state index is 12.1. The molecule has 2 N–H and O–H groups in total. The van der Waals surface area contributed by atoms with Crippen molar-refractivity contribution in [3.8, 4) is 0 Å². The summed E-state index contributed by atoms with van der Waals surface area (Å²) < 4.78 is 5.38. The van der Waals surface area contributed by atoms with E-state index in [0.717, 1.165) is 25.7 Å². The molecule has 0 aromatic heterocycles. The molecule has 6 nitrogen and oxygen atoms in total. The van der Waals surface area contributed by atoms with Gasteiger partial charge in [0.2, 0.25) is 11.7 Å². The van der Waals surface area contributed by atoms with Gasteiger partial charge in [-0.25, -0.2) is 0 Å². The lowest BCUT2D eigenvalue weighted by molar-refractivity contribution is -0.144. The predicted molar refractivity (Wildman–Crippen MR) is 85.6 cm³/mol. The molecule has 1 atom stereocenters. The Balaban J connectivity index is 1.65. The van der Waals surface area contributed by atoms with Gasteiger partial charge in [0.05, 0.1) is 12.1 Å². The summed E-state index contributed by atoms with van der Waals surface area (Å²) in [5.74, 6) is -0.797. The highest BCUT2D eigenvalue weighted by molar-refractivity contribution is 6.25. The lowest BCUT2D eigenvalue weighted by atomic mass is 9.81. The Hall–Kier alpha value is -2.21. The second kappa shape index (κ2) is 6.36. The fourth-order valence-corrected chi connectivity index (χ4v) is 3.22. The summed E-state index contributed by atoms with van der Waals surface area (Å²) in [5, 5.41) is 12.8. The van der Waals surface area contributed by atoms with E-state index in [1.165, 1.54) is 25.7 Å². The molecular weight excluding hydrogens is 310 g/mol. The molecule has 1 aliphatic heterocycles. The quantitative estimate of drug-likeness (QED) is 0.761. The molecule has 128 valence electrons. The Labute approximate surface area is 140 Å². The molecule has 0 radical (unpaired) electrons. The van der Waals surface area contributed by atoms with Gasteiger partial charge in [-0.3, -0.25) is 14.4 Å². The third-order valence-corrected chi connectivity index (χ3v) is 4.82. The number of allylic oxidation sites excluding steroid dienone is 2. The molecule has 3 aliphatic rings. The molecule has 1 unspecified atom stereocenters. The van der Waals surface area contributed by atoms with Gasteiger partial charge in [-0.05, 0) is 37.5 Å². The van der Waals surface area contributed by atoms with Crippen LogP contribution in [-0.2, 0) is 19.1 Å². The molecule has 0 aromatic carbocycles. The van der Waals surface area contributed by atoms with Crippen LogP contribution in [0.1, 0.15) is 39.0 Å². The van der Waals surface area contributed by atoms with E-state index in [1.54, 1.807) is 6.08 Å². The zero-order valence-corrected chi connectivity index (χ0v) is 13.6. The third kappa shape index (κ3) is 3.06. The van der Waals surface area contributed by atoms with Gasteiger partial charge in [-0.1, -0.05) is 19.3 Å². The highest BCUT2D eigenvalue weighted by Crippen LogP contribution is 2.31. The largest absolute Gasteiger partial charge is 0.467 e. The molecule has 1 amide bonds. The van der Waals surface area contributed by atoms with E-state index in [-0.39, 0.29) is 23.9 Å². The Morgan fingerprint density at radius 1 is 1.29 bits per heavy atom. The number of Topliss-reactive ketones (excluding diaryl/α,β-unsaturated/α-hetero) is 1. The summed E-state index contributed by atoms with van der Waals surface area (Å²) in [7, 11) is 0. The summed E-state index contributed by atoms with van der Waals surface area (Å²) in [5.41, 5.74) is -1.47. The lowest BCUT2D eigenvalue weighted by Gasteiger charge is -2.28. The van der Waals surface area contributed by atoms with Crippen LogP contribution in [-0.4, -0.2) is 34.7 Å². The number of fused-ring (bicyclic) bond motifs is 1. The van der Waals surface area contributed by atoms with Crippen LogP contribution in [0.5, 0.6) is 0 Å². The molecule has 0 bridgehead atoms. The normalized spacial score (nSPS) is 27.5. The van der Waals surface area contributed by atoms with Crippen molar-refractivity contribution in [3.05, 3.63) is 35.3 Å². The fraction of sp³-hybridized carbons (Fsp3) is 0.500. The van der Waals surface area contributed by atoms with E-state index in [0.29, 0.717) is 11.3 Å². The van der Waals surface area contributed by atoms with Gasteiger partial charge in [0, 0.05) is 5.92 Å². The molecule has 6 heteroatoms. The van der Waals surface area contributed by atoms with E-state index < -0.39 is 17.2 Å². The van der Waals surface area contributed by atoms with E-state index >= 15 is 0 Å². The first-order valence-corrected chi connectivity index (χ1v) is 8.28. The number of ketones is 2. The summed E-state index contributed by atoms with van der Waals surface area (Å²) in [6, 6.07) is 0. The highest BCUT2D eigenvalue weighted by Gasteiger charge is 2.44. The molecule has 24 heavy (non-hydrogen) atoms. The van der Waals surface area contributed by atoms with Crippen molar-refractivity contribution in [2.24, 2.45) is 5.92 Å². The van der Waals surface area contributed by atoms with Crippen molar-refractivity contribution in [1.29, 1.82) is 0 Å². The Kier molecular flexibility index (Phi) is 4.41. The van der Waals surface area contributed by atoms with Crippen molar-refractivity contribution in [3.63, 3.8) is 0 Å². The van der Waals surface area contributed by atoms with Crippen LogP contribution in [0.3, 0.4) is 0 Å². The number of hydrogen-bond donors (Lipinski definition) is 2. The molecule has 1 heterocycles. The number of amides is 1. The van der Waals surface area contributed by atoms with Crippen molar-refractivity contribution < 1.29 is 24.2 Å². The molecule has 1 saturated carbocycles. The van der Waals surface area contributed by atoms with Crippen molar-refractivity contribution in [1.82, 2.24) is 5.32 Å². The first-order valence-electron chi connectivity index (χ1n) is 8.28. The van der Waals surface area contributed by atoms with E-state index in [2.05, 4.69) is 5.32 Å². The standard InChI is InChI=1S/C18H21NO5/c1-18(23)15(20)8-12-7-13(24-10-14(12)16(18)21)9-19-17(22)11-5-3-2-4-6-11/h7-8,10-11,23H,2-6,9H2,1H3,(H,19,22). The minimum Gasteiger partial charge on any atom is -0.467 e. The molecule has 1 fully saturated rings. The molecule has 0 saturated heterocycles. The summed E-state index contributed by atoms with van der Waals surface area (Å²) >= 11 is 0. The van der Waals surface area contributed by atoms with Gasteiger partial charge in [-0.15, -0.1) is 0 Å². The van der Waals surface area contributed by atoms with Gasteiger partial charge in [0.25, 0.3) is 0 Å². The minimum absolute atomic E-state index is 0.0155. The van der Waals surface area contributed by atoms with Crippen LogP contribution in [0.15, 0.2) is 35.3 Å². The van der Waals surface area contributed by atoms with Crippen molar-refractivity contribution in [2.75, 3.05) is 6.54 Å². The number of carbonyl (C=O) groups is 3. The van der Waals surface area contributed by atoms with Crippen LogP contribution in [0.2, 0.25) is 0 Å². The number of carbonyl (C=O) groups excluding carboxylic acids is 3. The summed E-state index contributed by atoms with van der Waals surface area (Å²) in [4.78, 5) is 36.1. The van der Waals surface area contributed by atoms with E-state index in [9.17, 15) is 19.5 Å². The van der Waals surface area contributed by atoms with Crippen LogP contribution >= 0.6 is 0 Å². The Morgan fingerprint density at radius 2 is 2.00 bits per heavy atom. The number of aliphatic hydroxyl groups is 1. The van der Waals surface area contributed by atoms with E-state index in [4.69, 9.17) is 4.74 Å². The molecule has 2 aliphatic carbocycles. The Bertz CT molecular complexity index is 678. The van der Waals surface area contributed by atoms with Crippen LogP contribution < -0.4 is 5.32 Å². The average Bonchev–Trinajstić information content (AvgIpc) is 2.59. The highest BCUT2D eigenvalue weighted by atomic mass is 16.5. The smallest absolute Gasteiger partial charge is 0.223 e. The van der Waals surface area contributed by atoms with Crippen LogP contribution in [0, 0.1) is 5.92 Å². The number of ether oxygens (including phenoxy) is 1. The monoisotopic (exact) mass is 331 g/mol. The van der Waals surface area contributed by atoms with Crippen molar-refractivity contribution >= 4 is 17.5 Å². The first kappa shape index (κ1) is 16.6. The Morgan fingerprint density at radius 3 is 2.71 bits per heavy atom. The average molecular weight is 331 g/mol. The first-order chi connectivity index (χ1) is 11.4. The molecule has 0 spiro atoms. The number of hydrogen-bond acceptors (Lipinski definition) is 5. The molecule has 3 rings (SSSR count). The zero-order chi connectivity index (χ0) is 17.3. The predicted octanol–water partition coefficient (Wildman–Crippen LogP) is 1.31. The van der Waals surface area contributed by atoms with Crippen LogP contribution in [0.4, 0.5) is 0 Å². The maximum absolute atomic E-state index is 12.1. The van der Waals surface area contributed by atoms with Crippen LogP contribution in [0.25, 0.3) is 0 Å². The number of nitrogens with one attached hydrogen (secondary N) is 1. The van der Waals surface area contributed by atoms with Gasteiger partial charge in [0.1, 0.15) is 12.0 Å². The number of rotatable bonds is 3. The van der Waals surface area contributed by atoms with Gasteiger partial charge < -0.3 is 15.2 Å².